The number of aliphatic hydroxyl groups is 6. The number of nitrogens with zero attached hydrogens (tertiary/aromatic N) is 5. The third-order valence-electron chi connectivity index (χ3n) is 4.48. The molecule has 2 aromatic rings. The van der Waals surface area contributed by atoms with E-state index in [0.29, 0.717) is 22.2 Å². The fourth-order valence-corrected chi connectivity index (χ4v) is 3.57. The predicted molar refractivity (Wildman–Crippen MR) is 102 cm³/mol. The van der Waals surface area contributed by atoms with Crippen molar-refractivity contribution in [3.05, 3.63) is 45.8 Å². The molecule has 162 valence electrons. The van der Waals surface area contributed by atoms with Gasteiger partial charge in [0.1, 0.15) is 30.5 Å². The van der Waals surface area contributed by atoms with Crippen molar-refractivity contribution < 1.29 is 35.6 Å². The largest absolute Gasteiger partial charge is 0.394 e. The van der Waals surface area contributed by atoms with E-state index in [4.69, 9.17) is 5.11 Å². The topological polar surface area (TPSA) is 208 Å². The Morgan fingerprint density at radius 1 is 1.07 bits per heavy atom. The van der Waals surface area contributed by atoms with Crippen LogP contribution in [0.5, 0.6) is 0 Å². The summed E-state index contributed by atoms with van der Waals surface area (Å²) in [5.41, 5.74) is 1.01. The molecular formula is C16H19N5O8S. The molecule has 14 heteroatoms. The van der Waals surface area contributed by atoms with Gasteiger partial charge >= 0.3 is 0 Å². The number of rotatable bonds is 8. The van der Waals surface area contributed by atoms with Crippen LogP contribution in [0.2, 0.25) is 0 Å². The van der Waals surface area contributed by atoms with E-state index in [9.17, 15) is 35.6 Å². The number of nitro benzene ring substituents is 1. The molecule has 0 saturated carbocycles. The van der Waals surface area contributed by atoms with Gasteiger partial charge in [0.15, 0.2) is 5.82 Å². The van der Waals surface area contributed by atoms with Gasteiger partial charge in [-0.05, 0) is 17.7 Å². The third-order valence-corrected chi connectivity index (χ3v) is 5.41. The molecule has 0 spiro atoms. The average molecular weight is 441 g/mol. The molecule has 30 heavy (non-hydrogen) atoms. The lowest BCUT2D eigenvalue weighted by Gasteiger charge is -2.28. The number of aliphatic hydroxyl groups excluding tert-OH is 6. The lowest BCUT2D eigenvalue weighted by Crippen LogP contribution is -2.48. The van der Waals surface area contributed by atoms with Gasteiger partial charge in [-0.2, -0.15) is 9.78 Å². The first-order valence-electron chi connectivity index (χ1n) is 8.66. The quantitative estimate of drug-likeness (QED) is 0.195. The zero-order valence-corrected chi connectivity index (χ0v) is 16.1. The second kappa shape index (κ2) is 9.13. The molecule has 2 heterocycles. The minimum atomic E-state index is -2.00. The van der Waals surface area contributed by atoms with E-state index in [2.05, 4.69) is 15.3 Å². The van der Waals surface area contributed by atoms with Crippen molar-refractivity contribution in [3.8, 4) is 0 Å². The smallest absolute Gasteiger partial charge is 0.269 e. The van der Waals surface area contributed by atoms with Crippen molar-refractivity contribution in [1.82, 2.24) is 14.9 Å². The van der Waals surface area contributed by atoms with E-state index in [1.807, 2.05) is 0 Å². The first-order valence-corrected chi connectivity index (χ1v) is 9.65. The maximum absolute atomic E-state index is 10.8. The van der Waals surface area contributed by atoms with Crippen LogP contribution < -0.4 is 0 Å². The lowest BCUT2D eigenvalue weighted by atomic mass is 9.99. The summed E-state index contributed by atoms with van der Waals surface area (Å²) in [7, 11) is 0. The normalized spacial score (nSPS) is 18.7. The van der Waals surface area contributed by atoms with Gasteiger partial charge < -0.3 is 30.6 Å². The van der Waals surface area contributed by atoms with Crippen molar-refractivity contribution in [2.24, 2.45) is 5.10 Å². The standard InChI is InChI=1S/C16H19N5O8S/c22-5-10(23)11(24)12(25)13(26)14(27)15-17-18-16-20(15)19-9(6-30-16)7-1-3-8(4-2-7)21(28)29/h1-4,10-14,22-27H,5-6H2/t10-,11-,12+,13-,14+/m1/s1. The average Bonchev–Trinajstić information content (AvgIpc) is 3.19. The van der Waals surface area contributed by atoms with Crippen molar-refractivity contribution in [1.29, 1.82) is 0 Å². The van der Waals surface area contributed by atoms with Gasteiger partial charge in [-0.1, -0.05) is 11.8 Å². The highest BCUT2D eigenvalue weighted by molar-refractivity contribution is 7.99. The van der Waals surface area contributed by atoms with Gasteiger partial charge in [0.25, 0.3) is 5.69 Å². The van der Waals surface area contributed by atoms with Crippen LogP contribution in [0.15, 0.2) is 34.5 Å². The highest BCUT2D eigenvalue weighted by Gasteiger charge is 2.37. The molecule has 0 amide bonds. The van der Waals surface area contributed by atoms with Crippen molar-refractivity contribution in [2.75, 3.05) is 12.4 Å². The number of non-ortho nitro benzene ring substituents is 1. The molecule has 6 N–H and O–H groups in total. The SMILES string of the molecule is O=[N+]([O-])c1ccc(C2=Nn3c(nnc3[C@@H](O)[C@H](O)[C@@H](O)[C@H](O)[C@H](O)CO)SC2)cc1. The van der Waals surface area contributed by atoms with Crippen molar-refractivity contribution >= 4 is 23.2 Å². The fraction of sp³-hybridized carbons (Fsp3) is 0.438. The minimum absolute atomic E-state index is 0.0790. The molecule has 0 unspecified atom stereocenters. The van der Waals surface area contributed by atoms with E-state index in [0.717, 1.165) is 4.68 Å². The summed E-state index contributed by atoms with van der Waals surface area (Å²) >= 11 is 1.22. The second-order valence-electron chi connectivity index (χ2n) is 6.46. The van der Waals surface area contributed by atoms with Gasteiger partial charge in [-0.25, -0.2) is 0 Å². The summed E-state index contributed by atoms with van der Waals surface area (Å²) in [6, 6.07) is 5.70. The molecule has 1 aromatic heterocycles. The van der Waals surface area contributed by atoms with Gasteiger partial charge in [0.2, 0.25) is 5.16 Å². The molecule has 0 saturated heterocycles. The Labute approximate surface area is 173 Å². The Morgan fingerprint density at radius 2 is 1.73 bits per heavy atom. The zero-order chi connectivity index (χ0) is 22.0. The Hall–Kier alpha value is -2.46. The number of benzene rings is 1. The number of nitro groups is 1. The molecule has 1 aliphatic rings. The Balaban J connectivity index is 1.86. The first kappa shape index (κ1) is 22.2. The summed E-state index contributed by atoms with van der Waals surface area (Å²) < 4.78 is 1.15. The van der Waals surface area contributed by atoms with Crippen molar-refractivity contribution in [2.45, 2.75) is 35.7 Å². The van der Waals surface area contributed by atoms with E-state index < -0.39 is 42.1 Å². The molecule has 1 aromatic carbocycles. The van der Waals surface area contributed by atoms with Crippen LogP contribution in [-0.2, 0) is 0 Å². The third kappa shape index (κ3) is 4.34. The summed E-state index contributed by atoms with van der Waals surface area (Å²) in [6.07, 6.45) is -9.44. The minimum Gasteiger partial charge on any atom is -0.394 e. The predicted octanol–water partition coefficient (Wildman–Crippen LogP) is -1.99. The zero-order valence-electron chi connectivity index (χ0n) is 15.3. The van der Waals surface area contributed by atoms with Crippen LogP contribution in [0.25, 0.3) is 0 Å². The van der Waals surface area contributed by atoms with Crippen LogP contribution in [0.1, 0.15) is 17.5 Å². The van der Waals surface area contributed by atoms with E-state index in [-0.39, 0.29) is 11.5 Å². The lowest BCUT2D eigenvalue weighted by molar-refractivity contribution is -0.384. The van der Waals surface area contributed by atoms with Gasteiger partial charge in [0.05, 0.1) is 17.2 Å². The Morgan fingerprint density at radius 3 is 2.33 bits per heavy atom. The molecular weight excluding hydrogens is 422 g/mol. The number of hydrogen-bond acceptors (Lipinski definition) is 12. The van der Waals surface area contributed by atoms with Gasteiger partial charge in [-0.15, -0.1) is 10.2 Å². The molecule has 13 nitrogen and oxygen atoms in total. The van der Waals surface area contributed by atoms with Crippen molar-refractivity contribution in [3.63, 3.8) is 0 Å². The van der Waals surface area contributed by atoms with Gasteiger partial charge in [0, 0.05) is 17.9 Å². The maximum atomic E-state index is 10.8. The number of aromatic nitrogens is 3. The highest BCUT2D eigenvalue weighted by atomic mass is 32.2. The van der Waals surface area contributed by atoms with Crippen LogP contribution in [0.3, 0.4) is 0 Å². The van der Waals surface area contributed by atoms with Crippen LogP contribution in [0, 0.1) is 10.1 Å². The number of hydrogen-bond donors (Lipinski definition) is 6. The molecule has 5 atom stereocenters. The fourth-order valence-electron chi connectivity index (χ4n) is 2.72. The summed E-state index contributed by atoms with van der Waals surface area (Å²) in [6.45, 7) is -0.860. The molecule has 1 aliphatic heterocycles. The van der Waals surface area contributed by atoms with Crippen LogP contribution in [0.4, 0.5) is 5.69 Å². The summed E-state index contributed by atoms with van der Waals surface area (Å²) in [5.74, 6) is 0.146. The maximum Gasteiger partial charge on any atom is 0.269 e. The Kier molecular flexibility index (Phi) is 6.77. The molecule has 0 radical (unpaired) electrons. The monoisotopic (exact) mass is 441 g/mol. The van der Waals surface area contributed by atoms with E-state index in [1.54, 1.807) is 0 Å². The first-order chi connectivity index (χ1) is 14.2. The van der Waals surface area contributed by atoms with E-state index in [1.165, 1.54) is 36.0 Å². The highest BCUT2D eigenvalue weighted by Crippen LogP contribution is 2.28. The Bertz CT molecular complexity index is 936. The summed E-state index contributed by atoms with van der Waals surface area (Å²) in [5, 5.41) is 81.6. The molecule has 0 aliphatic carbocycles. The summed E-state index contributed by atoms with van der Waals surface area (Å²) in [4.78, 5) is 10.3. The second-order valence-corrected chi connectivity index (χ2v) is 7.40. The van der Waals surface area contributed by atoms with Gasteiger partial charge in [-0.3, -0.25) is 10.1 Å². The van der Waals surface area contributed by atoms with Crippen LogP contribution in [-0.4, -0.2) is 92.9 Å². The van der Waals surface area contributed by atoms with E-state index >= 15 is 0 Å². The molecule has 0 fully saturated rings. The molecule has 3 rings (SSSR count). The van der Waals surface area contributed by atoms with Crippen LogP contribution >= 0.6 is 11.8 Å². The number of fused-ring (bicyclic) bond motifs is 1. The number of thioether (sulfide) groups is 1. The molecule has 0 bridgehead atoms.